The van der Waals surface area contributed by atoms with Crippen LogP contribution in [-0.4, -0.2) is 25.1 Å². The van der Waals surface area contributed by atoms with E-state index in [0.717, 1.165) is 12.2 Å². The summed E-state index contributed by atoms with van der Waals surface area (Å²) in [5, 5.41) is 8.25. The summed E-state index contributed by atoms with van der Waals surface area (Å²) in [6.07, 6.45) is 0.812. The monoisotopic (exact) mass is 301 g/mol. The lowest BCUT2D eigenvalue weighted by Gasteiger charge is -2.08. The molecule has 0 radical (unpaired) electrons. The third kappa shape index (κ3) is 2.82. The molecule has 7 heteroatoms. The summed E-state index contributed by atoms with van der Waals surface area (Å²) in [5.74, 6) is 1.48. The number of aromatic nitrogens is 5. The zero-order chi connectivity index (χ0) is 14.8. The molecule has 2 N–H and O–H groups in total. The van der Waals surface area contributed by atoms with Crippen LogP contribution in [-0.2, 0) is 6.42 Å². The van der Waals surface area contributed by atoms with Gasteiger partial charge in [-0.15, -0.1) is 5.10 Å². The molecule has 0 fully saturated rings. The predicted molar refractivity (Wildman–Crippen MR) is 82.4 cm³/mol. The topological polar surface area (TPSA) is 87.3 Å². The van der Waals surface area contributed by atoms with Crippen molar-refractivity contribution < 1.29 is 0 Å². The number of hydrogen-bond acceptors (Lipinski definition) is 5. The summed E-state index contributed by atoms with van der Waals surface area (Å²) < 4.78 is 0. The number of benzene rings is 1. The first kappa shape index (κ1) is 13.8. The van der Waals surface area contributed by atoms with E-state index in [-0.39, 0.29) is 10.8 Å². The van der Waals surface area contributed by atoms with E-state index in [1.165, 1.54) is 11.8 Å². The molecule has 3 rings (SSSR count). The fraction of sp³-hybridized carbons (Fsp3) is 0.286. The zero-order valence-electron chi connectivity index (χ0n) is 11.8. The molecule has 1 aromatic carbocycles. The van der Waals surface area contributed by atoms with Crippen LogP contribution in [0.5, 0.6) is 0 Å². The van der Waals surface area contributed by atoms with Crippen LogP contribution in [0.2, 0.25) is 0 Å². The second kappa shape index (κ2) is 5.69. The summed E-state index contributed by atoms with van der Waals surface area (Å²) in [6, 6.07) is 7.31. The van der Waals surface area contributed by atoms with Crippen LogP contribution >= 0.6 is 11.8 Å². The van der Waals surface area contributed by atoms with E-state index in [1.807, 2.05) is 32.0 Å². The normalized spacial score (nSPS) is 12.7. The number of rotatable bonds is 4. The van der Waals surface area contributed by atoms with Crippen LogP contribution < -0.4 is 5.56 Å². The Labute approximate surface area is 125 Å². The Balaban J connectivity index is 1.90. The maximum Gasteiger partial charge on any atom is 0.258 e. The lowest BCUT2D eigenvalue weighted by molar-refractivity contribution is 0.904. The highest BCUT2D eigenvalue weighted by molar-refractivity contribution is 7.99. The van der Waals surface area contributed by atoms with E-state index in [2.05, 4.69) is 25.1 Å². The Morgan fingerprint density at radius 3 is 2.86 bits per heavy atom. The lowest BCUT2D eigenvalue weighted by atomic mass is 10.2. The van der Waals surface area contributed by atoms with Crippen molar-refractivity contribution >= 4 is 22.7 Å². The number of nitrogens with one attached hydrogen (secondary N) is 2. The SMILES string of the molecule is CCc1nc(SC(C)c2nc3ccccc3c(=O)[nH]2)n[nH]1. The summed E-state index contributed by atoms with van der Waals surface area (Å²) in [5.41, 5.74) is 0.584. The minimum atomic E-state index is -0.118. The second-order valence-corrected chi connectivity index (χ2v) is 5.95. The molecule has 2 aromatic heterocycles. The van der Waals surface area contributed by atoms with Gasteiger partial charge in [0.2, 0.25) is 5.16 Å². The number of fused-ring (bicyclic) bond motifs is 1. The Bertz CT molecular complexity index is 825. The third-order valence-corrected chi connectivity index (χ3v) is 4.11. The standard InChI is InChI=1S/C14H15N5OS/c1-3-11-16-14(19-18-11)21-8(2)12-15-10-7-5-4-6-9(10)13(20)17-12/h4-8H,3H2,1-2H3,(H,15,17,20)(H,16,18,19). The van der Waals surface area contributed by atoms with E-state index in [1.54, 1.807) is 6.07 Å². The molecular weight excluding hydrogens is 286 g/mol. The van der Waals surface area contributed by atoms with E-state index in [4.69, 9.17) is 0 Å². The van der Waals surface area contributed by atoms with Crippen LogP contribution in [0, 0.1) is 0 Å². The number of hydrogen-bond donors (Lipinski definition) is 2. The Hall–Kier alpha value is -2.15. The maximum atomic E-state index is 12.1. The molecule has 0 aliphatic rings. The molecule has 0 aliphatic heterocycles. The van der Waals surface area contributed by atoms with Gasteiger partial charge in [-0.3, -0.25) is 9.89 Å². The van der Waals surface area contributed by atoms with Gasteiger partial charge < -0.3 is 4.98 Å². The number of thioether (sulfide) groups is 1. The highest BCUT2D eigenvalue weighted by atomic mass is 32.2. The van der Waals surface area contributed by atoms with Crippen LogP contribution in [0.3, 0.4) is 0 Å². The van der Waals surface area contributed by atoms with E-state index in [9.17, 15) is 4.79 Å². The van der Waals surface area contributed by atoms with Gasteiger partial charge in [0.15, 0.2) is 0 Å². The van der Waals surface area contributed by atoms with Crippen molar-refractivity contribution in [2.75, 3.05) is 0 Å². The van der Waals surface area contributed by atoms with Gasteiger partial charge in [-0.1, -0.05) is 30.8 Å². The molecule has 1 unspecified atom stereocenters. The zero-order valence-corrected chi connectivity index (χ0v) is 12.6. The largest absolute Gasteiger partial charge is 0.309 e. The number of aromatic amines is 2. The molecular formula is C14H15N5OS. The number of nitrogens with zero attached hydrogens (tertiary/aromatic N) is 3. The van der Waals surface area contributed by atoms with Crippen molar-refractivity contribution in [2.45, 2.75) is 30.7 Å². The number of H-pyrrole nitrogens is 2. The molecule has 2 heterocycles. The molecule has 3 aromatic rings. The first-order chi connectivity index (χ1) is 10.2. The molecule has 0 spiro atoms. The fourth-order valence-electron chi connectivity index (χ4n) is 2.00. The van der Waals surface area contributed by atoms with Gasteiger partial charge in [0.1, 0.15) is 11.6 Å². The molecule has 108 valence electrons. The molecule has 21 heavy (non-hydrogen) atoms. The molecule has 0 saturated heterocycles. The minimum absolute atomic E-state index is 0.0391. The summed E-state index contributed by atoms with van der Waals surface area (Å²) >= 11 is 1.46. The van der Waals surface area contributed by atoms with Crippen LogP contribution in [0.1, 0.15) is 30.7 Å². The van der Waals surface area contributed by atoms with Crippen LogP contribution in [0.15, 0.2) is 34.2 Å². The highest BCUT2D eigenvalue weighted by Gasteiger charge is 2.14. The summed E-state index contributed by atoms with van der Waals surface area (Å²) in [7, 11) is 0. The average molecular weight is 301 g/mol. The molecule has 1 atom stereocenters. The predicted octanol–water partition coefficient (Wildman–Crippen LogP) is 2.46. The maximum absolute atomic E-state index is 12.1. The summed E-state index contributed by atoms with van der Waals surface area (Å²) in [6.45, 7) is 3.99. The Kier molecular flexibility index (Phi) is 3.74. The van der Waals surface area contributed by atoms with Crippen LogP contribution in [0.4, 0.5) is 0 Å². The van der Waals surface area contributed by atoms with Gasteiger partial charge in [-0.2, -0.15) is 0 Å². The van der Waals surface area contributed by atoms with E-state index >= 15 is 0 Å². The van der Waals surface area contributed by atoms with Gasteiger partial charge >= 0.3 is 0 Å². The molecule has 0 bridgehead atoms. The quantitative estimate of drug-likeness (QED) is 0.723. The van der Waals surface area contributed by atoms with Gasteiger partial charge in [-0.25, -0.2) is 9.97 Å². The number of para-hydroxylation sites is 1. The van der Waals surface area contributed by atoms with E-state index in [0.29, 0.717) is 21.9 Å². The fourth-order valence-corrected chi connectivity index (χ4v) is 2.80. The van der Waals surface area contributed by atoms with Gasteiger partial charge in [0.05, 0.1) is 16.2 Å². The van der Waals surface area contributed by atoms with Gasteiger partial charge in [0.25, 0.3) is 5.56 Å². The molecule has 0 saturated carbocycles. The smallest absolute Gasteiger partial charge is 0.258 e. The minimum Gasteiger partial charge on any atom is -0.309 e. The summed E-state index contributed by atoms with van der Waals surface area (Å²) in [4.78, 5) is 23.8. The molecule has 0 aliphatic carbocycles. The Morgan fingerprint density at radius 2 is 2.10 bits per heavy atom. The van der Waals surface area contributed by atoms with Gasteiger partial charge in [0, 0.05) is 6.42 Å². The average Bonchev–Trinajstić information content (AvgIpc) is 2.95. The van der Waals surface area contributed by atoms with E-state index < -0.39 is 0 Å². The van der Waals surface area contributed by atoms with Crippen molar-refractivity contribution in [1.82, 2.24) is 25.1 Å². The molecule has 6 nitrogen and oxygen atoms in total. The lowest BCUT2D eigenvalue weighted by Crippen LogP contribution is -2.12. The van der Waals surface area contributed by atoms with Crippen molar-refractivity contribution in [3.63, 3.8) is 0 Å². The van der Waals surface area contributed by atoms with Crippen molar-refractivity contribution in [3.05, 3.63) is 46.3 Å². The van der Waals surface area contributed by atoms with Gasteiger partial charge in [-0.05, 0) is 19.1 Å². The third-order valence-electron chi connectivity index (χ3n) is 3.14. The van der Waals surface area contributed by atoms with Crippen molar-refractivity contribution in [3.8, 4) is 0 Å². The van der Waals surface area contributed by atoms with Crippen molar-refractivity contribution in [2.24, 2.45) is 0 Å². The first-order valence-electron chi connectivity index (χ1n) is 6.74. The van der Waals surface area contributed by atoms with Crippen LogP contribution in [0.25, 0.3) is 10.9 Å². The number of aryl methyl sites for hydroxylation is 1. The van der Waals surface area contributed by atoms with Crippen molar-refractivity contribution in [1.29, 1.82) is 0 Å². The molecule has 0 amide bonds. The highest BCUT2D eigenvalue weighted by Crippen LogP contribution is 2.30. The first-order valence-corrected chi connectivity index (χ1v) is 7.62. The second-order valence-electron chi connectivity index (χ2n) is 4.65. The Morgan fingerprint density at radius 1 is 1.29 bits per heavy atom.